The van der Waals surface area contributed by atoms with Gasteiger partial charge < -0.3 is 9.47 Å². The number of esters is 1. The lowest BCUT2D eigenvalue weighted by Crippen LogP contribution is -2.33. The van der Waals surface area contributed by atoms with Crippen molar-refractivity contribution in [3.8, 4) is 0 Å². The number of carbonyl (C=O) groups excluding carboxylic acids is 1. The molecule has 0 radical (unpaired) electrons. The van der Waals surface area contributed by atoms with Crippen molar-refractivity contribution in [3.63, 3.8) is 0 Å². The molecule has 2 aliphatic rings. The Balaban J connectivity index is 1.94. The maximum absolute atomic E-state index is 11.3. The van der Waals surface area contributed by atoms with Crippen molar-refractivity contribution in [2.45, 2.75) is 64.8 Å². The van der Waals surface area contributed by atoms with E-state index in [2.05, 4.69) is 27.4 Å². The van der Waals surface area contributed by atoms with E-state index in [-0.39, 0.29) is 24.3 Å². The van der Waals surface area contributed by atoms with Crippen molar-refractivity contribution in [1.82, 2.24) is 0 Å². The van der Waals surface area contributed by atoms with Crippen LogP contribution in [0.5, 0.6) is 0 Å². The SMILES string of the molecule is C=C1[C@H](CCC(C)(C)C)OC2CCC(=O)O[C@@H]12. The van der Waals surface area contributed by atoms with Crippen LogP contribution < -0.4 is 0 Å². The first-order chi connectivity index (χ1) is 7.87. The third kappa shape index (κ3) is 2.89. The van der Waals surface area contributed by atoms with Gasteiger partial charge in [-0.05, 0) is 30.3 Å². The number of carbonyl (C=O) groups is 1. The van der Waals surface area contributed by atoms with E-state index in [4.69, 9.17) is 9.47 Å². The molecule has 3 atom stereocenters. The monoisotopic (exact) mass is 238 g/mol. The van der Waals surface area contributed by atoms with Gasteiger partial charge in [0.15, 0.2) is 6.10 Å². The molecule has 0 N–H and O–H groups in total. The molecule has 1 unspecified atom stereocenters. The summed E-state index contributed by atoms with van der Waals surface area (Å²) in [7, 11) is 0. The van der Waals surface area contributed by atoms with Crippen molar-refractivity contribution in [3.05, 3.63) is 12.2 Å². The number of rotatable bonds is 2. The number of fused-ring (bicyclic) bond motifs is 1. The number of ether oxygens (including phenoxy) is 2. The van der Waals surface area contributed by atoms with Crippen molar-refractivity contribution < 1.29 is 14.3 Å². The Kier molecular flexibility index (Phi) is 3.30. The van der Waals surface area contributed by atoms with Crippen molar-refractivity contribution in [2.24, 2.45) is 5.41 Å². The minimum atomic E-state index is -0.193. The highest BCUT2D eigenvalue weighted by Gasteiger charge is 2.43. The third-order valence-corrected chi connectivity index (χ3v) is 3.50. The molecule has 2 aliphatic heterocycles. The molecular formula is C14H22O3. The molecule has 3 nitrogen and oxygen atoms in total. The Morgan fingerprint density at radius 3 is 2.76 bits per heavy atom. The molecule has 2 fully saturated rings. The molecule has 0 aromatic rings. The lowest BCUT2D eigenvalue weighted by molar-refractivity contribution is -0.158. The van der Waals surface area contributed by atoms with Gasteiger partial charge in [0.1, 0.15) is 0 Å². The van der Waals surface area contributed by atoms with E-state index in [0.717, 1.165) is 24.8 Å². The van der Waals surface area contributed by atoms with Gasteiger partial charge in [0.2, 0.25) is 0 Å². The largest absolute Gasteiger partial charge is 0.455 e. The molecule has 3 heteroatoms. The Morgan fingerprint density at radius 2 is 2.12 bits per heavy atom. The van der Waals surface area contributed by atoms with Crippen molar-refractivity contribution in [1.29, 1.82) is 0 Å². The highest BCUT2D eigenvalue weighted by Crippen LogP contribution is 2.37. The van der Waals surface area contributed by atoms with Crippen molar-refractivity contribution >= 4 is 5.97 Å². The summed E-state index contributed by atoms with van der Waals surface area (Å²) >= 11 is 0. The first-order valence-corrected chi connectivity index (χ1v) is 6.40. The van der Waals surface area contributed by atoms with Gasteiger partial charge in [0.05, 0.1) is 12.2 Å². The molecule has 0 aromatic heterocycles. The third-order valence-electron chi connectivity index (χ3n) is 3.50. The second-order valence-corrected chi connectivity index (χ2v) is 6.29. The first kappa shape index (κ1) is 12.6. The highest BCUT2D eigenvalue weighted by atomic mass is 16.6. The lowest BCUT2D eigenvalue weighted by atomic mass is 9.87. The summed E-state index contributed by atoms with van der Waals surface area (Å²) in [4.78, 5) is 11.3. The minimum absolute atomic E-state index is 0.0465. The molecule has 0 bridgehead atoms. The van der Waals surface area contributed by atoms with E-state index >= 15 is 0 Å². The molecule has 2 rings (SSSR count). The summed E-state index contributed by atoms with van der Waals surface area (Å²) < 4.78 is 11.3. The minimum Gasteiger partial charge on any atom is -0.455 e. The second kappa shape index (κ2) is 4.45. The normalized spacial score (nSPS) is 33.5. The van der Waals surface area contributed by atoms with Gasteiger partial charge in [0, 0.05) is 6.42 Å². The fourth-order valence-electron chi connectivity index (χ4n) is 2.44. The maximum Gasteiger partial charge on any atom is 0.306 e. The summed E-state index contributed by atoms with van der Waals surface area (Å²) in [5.74, 6) is -0.118. The van der Waals surface area contributed by atoms with Gasteiger partial charge in [0.25, 0.3) is 0 Å². The van der Waals surface area contributed by atoms with Crippen LogP contribution in [0.15, 0.2) is 12.2 Å². The van der Waals surface area contributed by atoms with Crippen LogP contribution in [-0.4, -0.2) is 24.3 Å². The lowest BCUT2D eigenvalue weighted by Gasteiger charge is -2.23. The van der Waals surface area contributed by atoms with E-state index in [9.17, 15) is 4.79 Å². The van der Waals surface area contributed by atoms with Gasteiger partial charge in [-0.2, -0.15) is 0 Å². The number of hydrogen-bond acceptors (Lipinski definition) is 3. The molecule has 0 saturated carbocycles. The van der Waals surface area contributed by atoms with Gasteiger partial charge in [-0.25, -0.2) is 0 Å². The van der Waals surface area contributed by atoms with Crippen LogP contribution in [0.25, 0.3) is 0 Å². The van der Waals surface area contributed by atoms with Crippen LogP contribution >= 0.6 is 0 Å². The van der Waals surface area contributed by atoms with Gasteiger partial charge in [-0.3, -0.25) is 4.79 Å². The molecule has 0 spiro atoms. The van der Waals surface area contributed by atoms with Crippen LogP contribution in [0.2, 0.25) is 0 Å². The summed E-state index contributed by atoms with van der Waals surface area (Å²) in [5, 5.41) is 0. The van der Waals surface area contributed by atoms with Crippen LogP contribution in [0.3, 0.4) is 0 Å². The average molecular weight is 238 g/mol. The van der Waals surface area contributed by atoms with E-state index in [1.165, 1.54) is 0 Å². The van der Waals surface area contributed by atoms with Gasteiger partial charge in [-0.1, -0.05) is 27.4 Å². The van der Waals surface area contributed by atoms with Crippen LogP contribution in [0, 0.1) is 5.41 Å². The topological polar surface area (TPSA) is 35.5 Å². The molecule has 2 heterocycles. The van der Waals surface area contributed by atoms with Gasteiger partial charge in [-0.15, -0.1) is 0 Å². The Hall–Kier alpha value is -0.830. The van der Waals surface area contributed by atoms with Crippen LogP contribution in [0.1, 0.15) is 46.5 Å². The predicted octanol–water partition coefficient (Wildman–Crippen LogP) is 2.84. The highest BCUT2D eigenvalue weighted by molar-refractivity contribution is 5.71. The Labute approximate surface area is 103 Å². The average Bonchev–Trinajstić information content (AvgIpc) is 2.52. The van der Waals surface area contributed by atoms with Crippen LogP contribution in [-0.2, 0) is 14.3 Å². The Bertz CT molecular complexity index is 327. The summed E-state index contributed by atoms with van der Waals surface area (Å²) in [6.07, 6.45) is 3.22. The van der Waals surface area contributed by atoms with Gasteiger partial charge >= 0.3 is 5.97 Å². The quantitative estimate of drug-likeness (QED) is 0.548. The molecule has 96 valence electrons. The summed E-state index contributed by atoms with van der Waals surface area (Å²) in [6, 6.07) is 0. The van der Waals surface area contributed by atoms with Crippen LogP contribution in [0.4, 0.5) is 0 Å². The molecular weight excluding hydrogens is 216 g/mol. The molecule has 2 saturated heterocycles. The van der Waals surface area contributed by atoms with Crippen molar-refractivity contribution in [2.75, 3.05) is 0 Å². The molecule has 0 amide bonds. The smallest absolute Gasteiger partial charge is 0.306 e. The standard InChI is InChI=1S/C14H22O3/c1-9-10(7-8-14(2,3)4)16-11-5-6-12(15)17-13(9)11/h10-11,13H,1,5-8H2,2-4H3/t10-,11?,13-/m0/s1. The van der Waals surface area contributed by atoms with E-state index in [1.807, 2.05) is 0 Å². The zero-order valence-corrected chi connectivity index (χ0v) is 11.0. The maximum atomic E-state index is 11.3. The fourth-order valence-corrected chi connectivity index (χ4v) is 2.44. The molecule has 0 aromatic carbocycles. The van der Waals surface area contributed by atoms with E-state index in [0.29, 0.717) is 11.8 Å². The zero-order valence-electron chi connectivity index (χ0n) is 11.0. The fraction of sp³-hybridized carbons (Fsp3) is 0.786. The molecule has 0 aliphatic carbocycles. The Morgan fingerprint density at radius 1 is 1.41 bits per heavy atom. The summed E-state index contributed by atoms with van der Waals surface area (Å²) in [5.41, 5.74) is 1.25. The molecule has 17 heavy (non-hydrogen) atoms. The summed E-state index contributed by atoms with van der Waals surface area (Å²) in [6.45, 7) is 10.7. The second-order valence-electron chi connectivity index (χ2n) is 6.29. The predicted molar refractivity (Wildman–Crippen MR) is 65.6 cm³/mol. The first-order valence-electron chi connectivity index (χ1n) is 6.40. The zero-order chi connectivity index (χ0) is 12.6. The number of hydrogen-bond donors (Lipinski definition) is 0. The van der Waals surface area contributed by atoms with E-state index in [1.54, 1.807) is 0 Å². The van der Waals surface area contributed by atoms with E-state index < -0.39 is 0 Å².